The maximum Gasteiger partial charge on any atom is 0.265 e. The molecule has 1 aromatic heterocycles. The van der Waals surface area contributed by atoms with Crippen molar-refractivity contribution in [1.82, 2.24) is 4.37 Å². The Morgan fingerprint density at radius 1 is 1.59 bits per heavy atom. The summed E-state index contributed by atoms with van der Waals surface area (Å²) >= 11 is 0.735. The van der Waals surface area contributed by atoms with Gasteiger partial charge >= 0.3 is 0 Å². The van der Waals surface area contributed by atoms with E-state index in [-0.39, 0.29) is 15.7 Å². The number of hydrogen-bond donors (Lipinski definition) is 3. The number of aromatic nitrogens is 1. The lowest BCUT2D eigenvalue weighted by Crippen LogP contribution is -2.26. The van der Waals surface area contributed by atoms with Gasteiger partial charge in [-0.15, -0.1) is 0 Å². The van der Waals surface area contributed by atoms with Crippen molar-refractivity contribution >= 4 is 32.2 Å². The molecule has 0 saturated carbocycles. The van der Waals surface area contributed by atoms with Gasteiger partial charge in [0.1, 0.15) is 16.0 Å². The third-order valence-corrected chi connectivity index (χ3v) is 3.91. The van der Waals surface area contributed by atoms with Gasteiger partial charge < -0.3 is 16.2 Å². The van der Waals surface area contributed by atoms with Crippen molar-refractivity contribution in [2.75, 3.05) is 23.9 Å². The number of aliphatic hydroxyl groups is 1. The lowest BCUT2D eigenvalue weighted by molar-refractivity contribution is 0.00386. The van der Waals surface area contributed by atoms with E-state index in [0.717, 1.165) is 17.8 Å². The van der Waals surface area contributed by atoms with Gasteiger partial charge in [-0.3, -0.25) is 0 Å². The predicted octanol–water partition coefficient (Wildman–Crippen LogP) is 0.167. The number of nitrogens with one attached hydrogen (secondary N) is 1. The Morgan fingerprint density at radius 3 is 2.65 bits per heavy atom. The van der Waals surface area contributed by atoms with E-state index in [1.807, 2.05) is 0 Å². The summed E-state index contributed by atoms with van der Waals surface area (Å²) in [5, 5.41) is 11.3. The highest BCUT2D eigenvalue weighted by Crippen LogP contribution is 2.31. The van der Waals surface area contributed by atoms with Crippen LogP contribution >= 0.6 is 11.5 Å². The van der Waals surface area contributed by atoms with Gasteiger partial charge in [0.05, 0.1) is 0 Å². The van der Waals surface area contributed by atoms with Crippen molar-refractivity contribution in [2.45, 2.75) is 17.4 Å². The molecule has 0 saturated heterocycles. The summed E-state index contributed by atoms with van der Waals surface area (Å²) < 4.78 is 50.4. The summed E-state index contributed by atoms with van der Waals surface area (Å²) in [5.74, 6) is -0.188. The Balaban J connectivity index is 2.87. The number of alkyl halides is 2. The predicted molar refractivity (Wildman–Crippen MR) is 60.1 cm³/mol. The van der Waals surface area contributed by atoms with E-state index in [1.165, 1.54) is 0 Å². The van der Waals surface area contributed by atoms with Crippen LogP contribution in [0.3, 0.4) is 0 Å². The molecule has 1 unspecified atom stereocenters. The number of rotatable bonds is 5. The minimum Gasteiger partial charge on any atom is -0.385 e. The standard InChI is InChI=1S/C7H11F2N3O3S2/c1-17(14,15)4-6(10)12-16-7(4)11-2-3(13)5(8)9/h3,5,11,13H,2H2,1H3,(H2,10,12). The van der Waals surface area contributed by atoms with Crippen LogP contribution < -0.4 is 11.1 Å². The summed E-state index contributed by atoms with van der Waals surface area (Å²) in [4.78, 5) is -0.232. The number of aliphatic hydroxyl groups excluding tert-OH is 1. The second kappa shape index (κ2) is 5.10. The fourth-order valence-electron chi connectivity index (χ4n) is 1.05. The SMILES string of the molecule is CS(=O)(=O)c1c(N)nsc1NCC(O)C(F)F. The van der Waals surface area contributed by atoms with Crippen LogP contribution in [0.5, 0.6) is 0 Å². The summed E-state index contributed by atoms with van der Waals surface area (Å²) in [7, 11) is -3.60. The van der Waals surface area contributed by atoms with Gasteiger partial charge in [-0.1, -0.05) is 0 Å². The topological polar surface area (TPSA) is 105 Å². The highest BCUT2D eigenvalue weighted by atomic mass is 32.2. The average molecular weight is 287 g/mol. The number of nitrogens with zero attached hydrogens (tertiary/aromatic N) is 1. The molecule has 98 valence electrons. The zero-order chi connectivity index (χ0) is 13.2. The average Bonchev–Trinajstić information content (AvgIpc) is 2.55. The quantitative estimate of drug-likeness (QED) is 0.713. The van der Waals surface area contributed by atoms with E-state index in [4.69, 9.17) is 10.8 Å². The molecule has 1 aromatic rings. The summed E-state index contributed by atoms with van der Waals surface area (Å²) in [5.41, 5.74) is 5.36. The second-order valence-electron chi connectivity index (χ2n) is 3.28. The minimum absolute atomic E-state index is 0.0460. The molecule has 1 rings (SSSR count). The first kappa shape index (κ1) is 14.1. The third-order valence-electron chi connectivity index (χ3n) is 1.81. The van der Waals surface area contributed by atoms with Crippen molar-refractivity contribution in [1.29, 1.82) is 0 Å². The largest absolute Gasteiger partial charge is 0.385 e. The van der Waals surface area contributed by atoms with Gasteiger partial charge in [0.25, 0.3) is 6.43 Å². The Hall–Kier alpha value is -1.00. The van der Waals surface area contributed by atoms with E-state index in [9.17, 15) is 17.2 Å². The molecule has 0 radical (unpaired) electrons. The van der Waals surface area contributed by atoms with Gasteiger partial charge in [-0.25, -0.2) is 17.2 Å². The number of nitrogen functional groups attached to an aromatic ring is 1. The van der Waals surface area contributed by atoms with E-state index >= 15 is 0 Å². The number of sulfone groups is 1. The maximum absolute atomic E-state index is 12.0. The van der Waals surface area contributed by atoms with Crippen LogP contribution in [0.2, 0.25) is 0 Å². The molecule has 17 heavy (non-hydrogen) atoms. The smallest absolute Gasteiger partial charge is 0.265 e. The van der Waals surface area contributed by atoms with Crippen LogP contribution in [-0.2, 0) is 9.84 Å². The molecular formula is C7H11F2N3O3S2. The van der Waals surface area contributed by atoms with Crippen LogP contribution in [0.15, 0.2) is 4.90 Å². The molecule has 6 nitrogen and oxygen atoms in total. The summed E-state index contributed by atoms with van der Waals surface area (Å²) in [6.45, 7) is -0.484. The van der Waals surface area contributed by atoms with Crippen LogP contribution in [0.4, 0.5) is 19.6 Å². The van der Waals surface area contributed by atoms with Crippen molar-refractivity contribution in [3.8, 4) is 0 Å². The number of hydrogen-bond acceptors (Lipinski definition) is 7. The molecule has 0 aliphatic rings. The van der Waals surface area contributed by atoms with E-state index < -0.39 is 28.9 Å². The van der Waals surface area contributed by atoms with Crippen LogP contribution in [0.1, 0.15) is 0 Å². The molecule has 0 spiro atoms. The Bertz CT molecular complexity index is 489. The van der Waals surface area contributed by atoms with Crippen molar-refractivity contribution in [3.63, 3.8) is 0 Å². The zero-order valence-corrected chi connectivity index (χ0v) is 10.4. The summed E-state index contributed by atoms with van der Waals surface area (Å²) in [6, 6.07) is 0. The molecule has 4 N–H and O–H groups in total. The Labute approximate surface area is 101 Å². The minimum atomic E-state index is -3.60. The van der Waals surface area contributed by atoms with Crippen LogP contribution in [0, 0.1) is 0 Å². The van der Waals surface area contributed by atoms with Gasteiger partial charge in [-0.05, 0) is 11.5 Å². The second-order valence-corrected chi connectivity index (χ2v) is 6.01. The lowest BCUT2D eigenvalue weighted by atomic mass is 10.4. The normalized spacial score (nSPS) is 13.9. The Morgan fingerprint density at radius 2 is 2.18 bits per heavy atom. The Kier molecular flexibility index (Phi) is 4.22. The molecule has 1 heterocycles. The molecule has 10 heteroatoms. The van der Waals surface area contributed by atoms with Gasteiger partial charge in [0.2, 0.25) is 0 Å². The molecule has 1 atom stereocenters. The van der Waals surface area contributed by atoms with E-state index in [2.05, 4.69) is 9.69 Å². The van der Waals surface area contributed by atoms with E-state index in [1.54, 1.807) is 0 Å². The van der Waals surface area contributed by atoms with Crippen LogP contribution in [0.25, 0.3) is 0 Å². The number of nitrogens with two attached hydrogens (primary N) is 1. The molecule has 0 aromatic carbocycles. The summed E-state index contributed by atoms with van der Waals surface area (Å²) in [6.07, 6.45) is -3.86. The number of anilines is 2. The molecule has 0 aliphatic heterocycles. The fraction of sp³-hybridized carbons (Fsp3) is 0.571. The fourth-order valence-corrected chi connectivity index (χ4v) is 3.13. The molecule has 0 fully saturated rings. The highest BCUT2D eigenvalue weighted by molar-refractivity contribution is 7.91. The molecule has 0 amide bonds. The van der Waals surface area contributed by atoms with Crippen molar-refractivity contribution < 1.29 is 22.3 Å². The number of halogens is 2. The van der Waals surface area contributed by atoms with Crippen molar-refractivity contribution in [3.05, 3.63) is 0 Å². The van der Waals surface area contributed by atoms with Gasteiger partial charge in [0, 0.05) is 12.8 Å². The van der Waals surface area contributed by atoms with E-state index in [0.29, 0.717) is 0 Å². The van der Waals surface area contributed by atoms with Crippen LogP contribution in [-0.4, -0.2) is 43.2 Å². The molecule has 0 bridgehead atoms. The van der Waals surface area contributed by atoms with Crippen molar-refractivity contribution in [2.24, 2.45) is 0 Å². The van der Waals surface area contributed by atoms with Gasteiger partial charge in [0.15, 0.2) is 15.7 Å². The molecular weight excluding hydrogens is 276 g/mol. The van der Waals surface area contributed by atoms with Gasteiger partial charge in [-0.2, -0.15) is 4.37 Å². The molecule has 0 aliphatic carbocycles. The zero-order valence-electron chi connectivity index (χ0n) is 8.72. The first-order chi connectivity index (χ1) is 7.73. The lowest BCUT2D eigenvalue weighted by Gasteiger charge is -2.10. The monoisotopic (exact) mass is 287 g/mol. The first-order valence-electron chi connectivity index (χ1n) is 4.38. The third kappa shape index (κ3) is 3.48. The highest BCUT2D eigenvalue weighted by Gasteiger charge is 2.23. The maximum atomic E-state index is 12.0. The first-order valence-corrected chi connectivity index (χ1v) is 7.05.